The van der Waals surface area contributed by atoms with Crippen molar-refractivity contribution in [1.29, 1.82) is 0 Å². The molecule has 2 aromatic rings. The van der Waals surface area contributed by atoms with Crippen molar-refractivity contribution in [2.45, 2.75) is 26.7 Å². The summed E-state index contributed by atoms with van der Waals surface area (Å²) in [6.07, 6.45) is 6.63. The van der Waals surface area contributed by atoms with Crippen LogP contribution < -0.4 is 0 Å². The van der Waals surface area contributed by atoms with Gasteiger partial charge in [0.25, 0.3) is 0 Å². The number of allylic oxidation sites excluding steroid dienone is 4. The standard InChI is InChI=1S/C15H17N3/c1-3-12-10-11(2)8-9-14(12)18-15-7-5-4-6-13(15)16-17-18/h4-9,12H,3,10H2,1-2H3. The molecule has 3 heteroatoms. The van der Waals surface area contributed by atoms with Gasteiger partial charge in [0.2, 0.25) is 0 Å². The van der Waals surface area contributed by atoms with Gasteiger partial charge in [0.15, 0.2) is 0 Å². The quantitative estimate of drug-likeness (QED) is 0.801. The third-order valence-electron chi connectivity index (χ3n) is 3.61. The molecule has 18 heavy (non-hydrogen) atoms. The molecule has 0 N–H and O–H groups in total. The number of hydrogen-bond acceptors (Lipinski definition) is 2. The summed E-state index contributed by atoms with van der Waals surface area (Å²) in [5, 5.41) is 8.54. The van der Waals surface area contributed by atoms with Crippen molar-refractivity contribution in [3.05, 3.63) is 42.0 Å². The van der Waals surface area contributed by atoms with Crippen LogP contribution in [0.1, 0.15) is 26.7 Å². The second kappa shape index (κ2) is 4.41. The van der Waals surface area contributed by atoms with Gasteiger partial charge >= 0.3 is 0 Å². The predicted molar refractivity (Wildman–Crippen MR) is 74.0 cm³/mol. The lowest BCUT2D eigenvalue weighted by Crippen LogP contribution is -2.13. The molecule has 1 heterocycles. The van der Waals surface area contributed by atoms with Crippen molar-refractivity contribution in [3.8, 4) is 0 Å². The number of benzene rings is 1. The molecule has 0 bridgehead atoms. The molecular formula is C15H17N3. The number of fused-ring (bicyclic) bond motifs is 1. The molecule has 0 saturated carbocycles. The van der Waals surface area contributed by atoms with E-state index in [-0.39, 0.29) is 0 Å². The molecule has 1 aliphatic carbocycles. The predicted octanol–water partition coefficient (Wildman–Crippen LogP) is 3.65. The largest absolute Gasteiger partial charge is 0.217 e. The average molecular weight is 239 g/mol. The minimum Gasteiger partial charge on any atom is -0.217 e. The zero-order chi connectivity index (χ0) is 12.5. The Balaban J connectivity index is 2.13. The molecule has 0 aliphatic heterocycles. The van der Waals surface area contributed by atoms with Crippen LogP contribution in [0.15, 0.2) is 42.0 Å². The van der Waals surface area contributed by atoms with Crippen LogP contribution >= 0.6 is 0 Å². The third kappa shape index (κ3) is 1.76. The zero-order valence-corrected chi connectivity index (χ0v) is 10.8. The highest BCUT2D eigenvalue weighted by Crippen LogP contribution is 2.31. The van der Waals surface area contributed by atoms with Crippen LogP contribution in [-0.2, 0) is 0 Å². The molecule has 0 saturated heterocycles. The summed E-state index contributed by atoms with van der Waals surface area (Å²) in [4.78, 5) is 0. The lowest BCUT2D eigenvalue weighted by atomic mass is 9.90. The average Bonchev–Trinajstić information content (AvgIpc) is 2.82. The van der Waals surface area contributed by atoms with Crippen molar-refractivity contribution in [3.63, 3.8) is 0 Å². The van der Waals surface area contributed by atoms with Crippen LogP contribution in [0.3, 0.4) is 0 Å². The van der Waals surface area contributed by atoms with Crippen molar-refractivity contribution >= 4 is 16.7 Å². The molecule has 1 atom stereocenters. The second-order valence-electron chi connectivity index (χ2n) is 4.90. The van der Waals surface area contributed by atoms with E-state index in [4.69, 9.17) is 0 Å². The maximum Gasteiger partial charge on any atom is 0.113 e. The van der Waals surface area contributed by atoms with E-state index < -0.39 is 0 Å². The normalized spacial score (nSPS) is 19.8. The zero-order valence-electron chi connectivity index (χ0n) is 10.8. The van der Waals surface area contributed by atoms with Crippen LogP contribution in [0.2, 0.25) is 0 Å². The van der Waals surface area contributed by atoms with Gasteiger partial charge < -0.3 is 0 Å². The van der Waals surface area contributed by atoms with E-state index in [0.29, 0.717) is 5.92 Å². The Hall–Kier alpha value is -1.90. The number of nitrogens with zero attached hydrogens (tertiary/aromatic N) is 3. The SMILES string of the molecule is CCC1CC(C)=CC=C1n1nnc2ccccc21. The summed E-state index contributed by atoms with van der Waals surface area (Å²) in [5.74, 6) is 0.542. The van der Waals surface area contributed by atoms with Crippen LogP contribution in [0.4, 0.5) is 0 Å². The first-order chi connectivity index (χ1) is 8.79. The summed E-state index contributed by atoms with van der Waals surface area (Å²) in [5.41, 5.74) is 4.75. The minimum atomic E-state index is 0.542. The molecule has 0 radical (unpaired) electrons. The lowest BCUT2D eigenvalue weighted by Gasteiger charge is -2.22. The number of aromatic nitrogens is 3. The van der Waals surface area contributed by atoms with Crippen LogP contribution in [0, 0.1) is 5.92 Å². The van der Waals surface area contributed by atoms with Crippen LogP contribution in [-0.4, -0.2) is 15.0 Å². The van der Waals surface area contributed by atoms with Crippen molar-refractivity contribution in [2.75, 3.05) is 0 Å². The Kier molecular flexibility index (Phi) is 2.74. The smallest absolute Gasteiger partial charge is 0.113 e. The van der Waals surface area contributed by atoms with Crippen molar-refractivity contribution in [2.24, 2.45) is 5.92 Å². The molecule has 1 unspecified atom stereocenters. The van der Waals surface area contributed by atoms with Gasteiger partial charge in [-0.05, 0) is 38.0 Å². The Morgan fingerprint density at radius 2 is 2.11 bits per heavy atom. The topological polar surface area (TPSA) is 30.7 Å². The fourth-order valence-electron chi connectivity index (χ4n) is 2.58. The molecular weight excluding hydrogens is 222 g/mol. The molecule has 0 spiro atoms. The molecule has 0 fully saturated rings. The van der Waals surface area contributed by atoms with Gasteiger partial charge in [0, 0.05) is 11.6 Å². The highest BCUT2D eigenvalue weighted by molar-refractivity contribution is 5.78. The minimum absolute atomic E-state index is 0.542. The number of para-hydroxylation sites is 1. The highest BCUT2D eigenvalue weighted by atomic mass is 15.4. The number of rotatable bonds is 2. The van der Waals surface area contributed by atoms with E-state index in [1.165, 1.54) is 11.3 Å². The molecule has 3 nitrogen and oxygen atoms in total. The van der Waals surface area contributed by atoms with Gasteiger partial charge in [-0.15, -0.1) is 5.10 Å². The highest BCUT2D eigenvalue weighted by Gasteiger charge is 2.20. The van der Waals surface area contributed by atoms with Crippen LogP contribution in [0.5, 0.6) is 0 Å². The Morgan fingerprint density at radius 3 is 2.94 bits per heavy atom. The van der Waals surface area contributed by atoms with Crippen molar-refractivity contribution < 1.29 is 0 Å². The van der Waals surface area contributed by atoms with Gasteiger partial charge in [-0.25, -0.2) is 4.68 Å². The van der Waals surface area contributed by atoms with Crippen molar-refractivity contribution in [1.82, 2.24) is 15.0 Å². The Bertz CT molecular complexity index is 634. The first-order valence-electron chi connectivity index (χ1n) is 6.47. The van der Waals surface area contributed by atoms with E-state index in [2.05, 4.69) is 42.4 Å². The maximum absolute atomic E-state index is 4.31. The summed E-state index contributed by atoms with van der Waals surface area (Å²) in [7, 11) is 0. The van der Waals surface area contributed by atoms with Gasteiger partial charge in [0.1, 0.15) is 5.52 Å². The van der Waals surface area contributed by atoms with Gasteiger partial charge in [-0.3, -0.25) is 0 Å². The van der Waals surface area contributed by atoms with E-state index >= 15 is 0 Å². The van der Waals surface area contributed by atoms with Gasteiger partial charge in [0.05, 0.1) is 5.52 Å². The first-order valence-corrected chi connectivity index (χ1v) is 6.47. The fourth-order valence-corrected chi connectivity index (χ4v) is 2.58. The van der Waals surface area contributed by atoms with Gasteiger partial charge in [-0.1, -0.05) is 35.9 Å². The molecule has 3 rings (SSSR count). The summed E-state index contributed by atoms with van der Waals surface area (Å²) in [6, 6.07) is 8.11. The molecule has 1 aromatic heterocycles. The molecule has 0 amide bonds. The monoisotopic (exact) mass is 239 g/mol. The fraction of sp³-hybridized carbons (Fsp3) is 0.333. The van der Waals surface area contributed by atoms with E-state index in [0.717, 1.165) is 23.9 Å². The number of hydrogen-bond donors (Lipinski definition) is 0. The molecule has 92 valence electrons. The summed E-state index contributed by atoms with van der Waals surface area (Å²) in [6.45, 7) is 4.42. The molecule has 1 aliphatic rings. The van der Waals surface area contributed by atoms with Gasteiger partial charge in [-0.2, -0.15) is 0 Å². The Labute approximate surface area is 107 Å². The maximum atomic E-state index is 4.31. The Morgan fingerprint density at radius 1 is 1.28 bits per heavy atom. The van der Waals surface area contributed by atoms with Crippen LogP contribution in [0.25, 0.3) is 16.7 Å². The van der Waals surface area contributed by atoms with E-state index in [1.807, 2.05) is 22.9 Å². The first kappa shape index (κ1) is 11.2. The molecule has 1 aromatic carbocycles. The third-order valence-corrected chi connectivity index (χ3v) is 3.61. The summed E-state index contributed by atoms with van der Waals surface area (Å²) < 4.78 is 1.99. The second-order valence-corrected chi connectivity index (χ2v) is 4.90. The lowest BCUT2D eigenvalue weighted by molar-refractivity contribution is 0.590. The summed E-state index contributed by atoms with van der Waals surface area (Å²) >= 11 is 0. The van der Waals surface area contributed by atoms with E-state index in [1.54, 1.807) is 0 Å². The van der Waals surface area contributed by atoms with E-state index in [9.17, 15) is 0 Å².